The van der Waals surface area contributed by atoms with E-state index in [1.165, 1.54) is 6.07 Å². The number of nitrogens with zero attached hydrogens (tertiary/aromatic N) is 2. The number of carbonyl (C=O) groups excluding carboxylic acids is 2. The summed E-state index contributed by atoms with van der Waals surface area (Å²) in [6.45, 7) is 5.12. The summed E-state index contributed by atoms with van der Waals surface area (Å²) >= 11 is 6.18. The van der Waals surface area contributed by atoms with E-state index >= 15 is 0 Å². The Morgan fingerprint density at radius 1 is 1.19 bits per heavy atom. The third-order valence-corrected chi connectivity index (χ3v) is 5.84. The van der Waals surface area contributed by atoms with Gasteiger partial charge in [0.2, 0.25) is 5.91 Å². The molecule has 2 aliphatic heterocycles. The number of carbonyl (C=O) groups is 2. The summed E-state index contributed by atoms with van der Waals surface area (Å²) in [6.07, 6.45) is 3.19. The van der Waals surface area contributed by atoms with Crippen LogP contribution in [0.3, 0.4) is 0 Å². The predicted octanol–water partition coefficient (Wildman–Crippen LogP) is 3.28. The van der Waals surface area contributed by atoms with Crippen LogP contribution in [0.1, 0.15) is 41.6 Å². The largest absolute Gasteiger partial charge is 0.381 e. The fraction of sp³-hybridized carbons (Fsp3) is 0.600. The zero-order valence-corrected chi connectivity index (χ0v) is 16.4. The van der Waals surface area contributed by atoms with E-state index in [2.05, 4.69) is 0 Å². The van der Waals surface area contributed by atoms with Gasteiger partial charge in [-0.2, -0.15) is 0 Å². The Bertz CT molecular complexity index is 707. The molecule has 0 saturated carbocycles. The molecule has 0 N–H and O–H groups in total. The highest BCUT2D eigenvalue weighted by molar-refractivity contribution is 6.34. The van der Waals surface area contributed by atoms with Gasteiger partial charge in [-0.3, -0.25) is 9.59 Å². The number of benzene rings is 1. The van der Waals surface area contributed by atoms with Crippen molar-refractivity contribution < 1.29 is 18.7 Å². The number of ether oxygens (including phenoxy) is 1. The average molecular weight is 397 g/mol. The SMILES string of the molecule is Cc1ccc(F)c(C(=O)N2CCCN(C(=O)CC3CCCOC3)CC2)c1Cl. The molecule has 1 aromatic rings. The summed E-state index contributed by atoms with van der Waals surface area (Å²) in [6, 6.07) is 2.83. The molecule has 0 radical (unpaired) electrons. The van der Waals surface area contributed by atoms with Crippen molar-refractivity contribution in [1.82, 2.24) is 9.80 Å². The lowest BCUT2D eigenvalue weighted by Gasteiger charge is -2.26. The smallest absolute Gasteiger partial charge is 0.258 e. The van der Waals surface area contributed by atoms with E-state index in [0.717, 1.165) is 19.4 Å². The van der Waals surface area contributed by atoms with Crippen molar-refractivity contribution in [3.63, 3.8) is 0 Å². The van der Waals surface area contributed by atoms with E-state index in [4.69, 9.17) is 16.3 Å². The van der Waals surface area contributed by atoms with Crippen molar-refractivity contribution in [2.45, 2.75) is 32.6 Å². The maximum atomic E-state index is 14.2. The van der Waals surface area contributed by atoms with Crippen molar-refractivity contribution in [3.05, 3.63) is 34.1 Å². The van der Waals surface area contributed by atoms with E-state index in [1.54, 1.807) is 17.9 Å². The molecule has 0 bridgehead atoms. The van der Waals surface area contributed by atoms with Crippen LogP contribution >= 0.6 is 11.6 Å². The highest BCUT2D eigenvalue weighted by Gasteiger charge is 2.28. The van der Waals surface area contributed by atoms with Crippen LogP contribution in [-0.2, 0) is 9.53 Å². The molecule has 2 heterocycles. The van der Waals surface area contributed by atoms with Crippen molar-refractivity contribution >= 4 is 23.4 Å². The van der Waals surface area contributed by atoms with Gasteiger partial charge in [-0.15, -0.1) is 0 Å². The first kappa shape index (κ1) is 20.1. The molecular formula is C20H26ClFN2O3. The summed E-state index contributed by atoms with van der Waals surface area (Å²) in [5.74, 6) is -0.617. The normalized spacial score (nSPS) is 21.1. The standard InChI is InChI=1S/C20H26ClFN2O3/c1-14-5-6-16(22)18(19(14)21)20(26)24-8-3-7-23(9-10-24)17(25)12-15-4-2-11-27-13-15/h5-6,15H,2-4,7-13H2,1H3. The lowest BCUT2D eigenvalue weighted by molar-refractivity contribution is -0.133. The van der Waals surface area contributed by atoms with E-state index in [9.17, 15) is 14.0 Å². The molecule has 5 nitrogen and oxygen atoms in total. The van der Waals surface area contributed by atoms with Crippen molar-refractivity contribution in [1.29, 1.82) is 0 Å². The number of hydrogen-bond acceptors (Lipinski definition) is 3. The second-order valence-corrected chi connectivity index (χ2v) is 7.75. The van der Waals surface area contributed by atoms with Crippen LogP contribution in [0.2, 0.25) is 5.02 Å². The Labute approximate surface area is 164 Å². The van der Waals surface area contributed by atoms with Crippen LogP contribution in [-0.4, -0.2) is 61.0 Å². The summed E-state index contributed by atoms with van der Waals surface area (Å²) in [5.41, 5.74) is 0.596. The molecule has 1 atom stereocenters. The molecular weight excluding hydrogens is 371 g/mol. The van der Waals surface area contributed by atoms with Crippen molar-refractivity contribution in [2.24, 2.45) is 5.92 Å². The molecule has 2 aliphatic rings. The van der Waals surface area contributed by atoms with E-state index in [0.29, 0.717) is 51.2 Å². The highest BCUT2D eigenvalue weighted by Crippen LogP contribution is 2.25. The molecule has 1 unspecified atom stereocenters. The Morgan fingerprint density at radius 2 is 1.93 bits per heavy atom. The fourth-order valence-electron chi connectivity index (χ4n) is 3.73. The van der Waals surface area contributed by atoms with Gasteiger partial charge in [0.1, 0.15) is 5.82 Å². The zero-order chi connectivity index (χ0) is 19.4. The molecule has 2 fully saturated rings. The summed E-state index contributed by atoms with van der Waals surface area (Å²) in [4.78, 5) is 28.8. The second kappa shape index (κ2) is 9.02. The third-order valence-electron chi connectivity index (χ3n) is 5.35. The first-order chi connectivity index (χ1) is 13.0. The molecule has 148 valence electrons. The minimum atomic E-state index is -0.606. The number of amides is 2. The van der Waals surface area contributed by atoms with Crippen molar-refractivity contribution in [2.75, 3.05) is 39.4 Å². The Balaban J connectivity index is 1.62. The van der Waals surface area contributed by atoms with Gasteiger partial charge in [-0.05, 0) is 43.7 Å². The monoisotopic (exact) mass is 396 g/mol. The first-order valence-corrected chi connectivity index (χ1v) is 9.94. The van der Waals surface area contributed by atoms with E-state index in [-0.39, 0.29) is 22.4 Å². The predicted molar refractivity (Wildman–Crippen MR) is 101 cm³/mol. The van der Waals surface area contributed by atoms with Crippen LogP contribution in [0, 0.1) is 18.7 Å². The minimum absolute atomic E-state index is 0.0733. The highest BCUT2D eigenvalue weighted by atomic mass is 35.5. The van der Waals surface area contributed by atoms with Gasteiger partial charge in [0.25, 0.3) is 5.91 Å². The quantitative estimate of drug-likeness (QED) is 0.787. The summed E-state index contributed by atoms with van der Waals surface area (Å²) in [5, 5.41) is 0.162. The molecule has 0 aromatic heterocycles. The van der Waals surface area contributed by atoms with Gasteiger partial charge in [0.15, 0.2) is 0 Å². The molecule has 2 saturated heterocycles. The van der Waals surface area contributed by atoms with E-state index in [1.807, 2.05) is 4.90 Å². The lowest BCUT2D eigenvalue weighted by Crippen LogP contribution is -2.38. The number of aryl methyl sites for hydroxylation is 1. The summed E-state index contributed by atoms with van der Waals surface area (Å²) < 4.78 is 19.6. The molecule has 0 aliphatic carbocycles. The van der Waals surface area contributed by atoms with Crippen LogP contribution < -0.4 is 0 Å². The molecule has 0 spiro atoms. The molecule has 1 aromatic carbocycles. The number of rotatable bonds is 3. The van der Waals surface area contributed by atoms with Crippen LogP contribution in [0.25, 0.3) is 0 Å². The van der Waals surface area contributed by atoms with Crippen LogP contribution in [0.4, 0.5) is 4.39 Å². The van der Waals surface area contributed by atoms with Gasteiger partial charge in [-0.25, -0.2) is 4.39 Å². The first-order valence-electron chi connectivity index (χ1n) is 9.56. The minimum Gasteiger partial charge on any atom is -0.381 e. The van der Waals surface area contributed by atoms with Crippen LogP contribution in [0.5, 0.6) is 0 Å². The van der Waals surface area contributed by atoms with Crippen LogP contribution in [0.15, 0.2) is 12.1 Å². The molecule has 2 amide bonds. The Kier molecular flexibility index (Phi) is 6.71. The molecule has 27 heavy (non-hydrogen) atoms. The average Bonchev–Trinajstić information content (AvgIpc) is 2.92. The molecule has 3 rings (SSSR count). The number of halogens is 2. The van der Waals surface area contributed by atoms with Gasteiger partial charge >= 0.3 is 0 Å². The Hall–Kier alpha value is -1.66. The zero-order valence-electron chi connectivity index (χ0n) is 15.7. The fourth-order valence-corrected chi connectivity index (χ4v) is 3.96. The van der Waals surface area contributed by atoms with Crippen molar-refractivity contribution in [3.8, 4) is 0 Å². The Morgan fingerprint density at radius 3 is 2.67 bits per heavy atom. The van der Waals surface area contributed by atoms with E-state index < -0.39 is 11.7 Å². The van der Waals surface area contributed by atoms with Gasteiger partial charge < -0.3 is 14.5 Å². The number of hydrogen-bond donors (Lipinski definition) is 0. The van der Waals surface area contributed by atoms with Gasteiger partial charge in [0, 0.05) is 45.8 Å². The van der Waals surface area contributed by atoms with Gasteiger partial charge in [0.05, 0.1) is 10.6 Å². The second-order valence-electron chi connectivity index (χ2n) is 7.37. The molecule has 7 heteroatoms. The summed E-state index contributed by atoms with van der Waals surface area (Å²) in [7, 11) is 0. The topological polar surface area (TPSA) is 49.9 Å². The maximum absolute atomic E-state index is 14.2. The maximum Gasteiger partial charge on any atom is 0.258 e. The van der Waals surface area contributed by atoms with Gasteiger partial charge in [-0.1, -0.05) is 17.7 Å². The third kappa shape index (κ3) is 4.79. The lowest BCUT2D eigenvalue weighted by atomic mass is 9.98.